The average molecular weight is 203 g/mol. The van der Waals surface area contributed by atoms with Gasteiger partial charge in [0.2, 0.25) is 0 Å². The lowest BCUT2D eigenvalue weighted by Crippen LogP contribution is -2.10. The molecule has 0 aliphatic heterocycles. The van der Waals surface area contributed by atoms with Crippen molar-refractivity contribution in [2.75, 3.05) is 0 Å². The van der Waals surface area contributed by atoms with Crippen LogP contribution in [0.15, 0.2) is 18.3 Å². The third kappa shape index (κ3) is 2.09. The fourth-order valence-electron chi connectivity index (χ4n) is 2.25. The normalized spacial score (nSPS) is 18.9. The standard InChI is InChI=1S/C13H17NO/c1-2-3-6-12(15)11-8-7-10-5-4-9-14-13(10)11/h4-5,9,11H,2-3,6-8H2,1H3. The second-order valence-corrected chi connectivity index (χ2v) is 4.21. The van der Waals surface area contributed by atoms with E-state index in [0.29, 0.717) is 5.78 Å². The third-order valence-corrected chi connectivity index (χ3v) is 3.12. The molecule has 0 saturated carbocycles. The number of ketones is 1. The molecule has 0 radical (unpaired) electrons. The molecule has 1 unspecified atom stereocenters. The second-order valence-electron chi connectivity index (χ2n) is 4.21. The summed E-state index contributed by atoms with van der Waals surface area (Å²) < 4.78 is 0. The van der Waals surface area contributed by atoms with E-state index in [2.05, 4.69) is 18.0 Å². The second kappa shape index (κ2) is 4.56. The van der Waals surface area contributed by atoms with E-state index >= 15 is 0 Å². The summed E-state index contributed by atoms with van der Waals surface area (Å²) >= 11 is 0. The van der Waals surface area contributed by atoms with Gasteiger partial charge >= 0.3 is 0 Å². The van der Waals surface area contributed by atoms with Crippen molar-refractivity contribution in [2.24, 2.45) is 0 Å². The van der Waals surface area contributed by atoms with Gasteiger partial charge in [0.1, 0.15) is 5.78 Å². The van der Waals surface area contributed by atoms with E-state index in [1.165, 1.54) is 5.56 Å². The van der Waals surface area contributed by atoms with Crippen LogP contribution in [0.25, 0.3) is 0 Å². The van der Waals surface area contributed by atoms with Gasteiger partial charge in [-0.15, -0.1) is 0 Å². The van der Waals surface area contributed by atoms with Crippen molar-refractivity contribution in [1.29, 1.82) is 0 Å². The fourth-order valence-corrected chi connectivity index (χ4v) is 2.25. The van der Waals surface area contributed by atoms with E-state index in [4.69, 9.17) is 0 Å². The van der Waals surface area contributed by atoms with Crippen molar-refractivity contribution in [3.8, 4) is 0 Å². The molecule has 0 amide bonds. The third-order valence-electron chi connectivity index (χ3n) is 3.12. The minimum atomic E-state index is 0.0905. The Labute approximate surface area is 90.7 Å². The molecule has 0 aromatic carbocycles. The first kappa shape index (κ1) is 10.3. The number of aromatic nitrogens is 1. The number of hydrogen-bond donors (Lipinski definition) is 0. The first-order valence-corrected chi connectivity index (χ1v) is 5.79. The molecule has 1 aromatic rings. The van der Waals surface area contributed by atoms with Gasteiger partial charge in [0, 0.05) is 12.6 Å². The van der Waals surface area contributed by atoms with Gasteiger partial charge in [0.05, 0.1) is 11.6 Å². The van der Waals surface area contributed by atoms with Crippen molar-refractivity contribution >= 4 is 5.78 Å². The van der Waals surface area contributed by atoms with Crippen LogP contribution in [0.3, 0.4) is 0 Å². The number of carbonyl (C=O) groups is 1. The maximum Gasteiger partial charge on any atom is 0.141 e. The highest BCUT2D eigenvalue weighted by molar-refractivity contribution is 5.86. The minimum Gasteiger partial charge on any atom is -0.299 e. The Kier molecular flexibility index (Phi) is 3.14. The lowest BCUT2D eigenvalue weighted by atomic mass is 9.97. The summed E-state index contributed by atoms with van der Waals surface area (Å²) in [6.07, 6.45) is 6.60. The predicted octanol–water partition coefficient (Wildman–Crippen LogP) is 2.87. The van der Waals surface area contributed by atoms with Crippen molar-refractivity contribution in [3.63, 3.8) is 0 Å². The molecule has 0 spiro atoms. The molecule has 15 heavy (non-hydrogen) atoms. The molecular weight excluding hydrogens is 186 g/mol. The van der Waals surface area contributed by atoms with Crippen LogP contribution in [0.1, 0.15) is 49.8 Å². The highest BCUT2D eigenvalue weighted by atomic mass is 16.1. The predicted molar refractivity (Wildman–Crippen MR) is 59.8 cm³/mol. The molecule has 1 aliphatic carbocycles. The number of hydrogen-bond acceptors (Lipinski definition) is 2. The Morgan fingerprint density at radius 1 is 1.60 bits per heavy atom. The van der Waals surface area contributed by atoms with E-state index in [1.807, 2.05) is 6.07 Å². The highest BCUT2D eigenvalue weighted by Crippen LogP contribution is 2.32. The molecule has 2 nitrogen and oxygen atoms in total. The molecule has 0 bridgehead atoms. The van der Waals surface area contributed by atoms with Crippen LogP contribution < -0.4 is 0 Å². The SMILES string of the molecule is CCCCC(=O)C1CCc2cccnc21. The monoisotopic (exact) mass is 203 g/mol. The number of fused-ring (bicyclic) bond motifs is 1. The van der Waals surface area contributed by atoms with Gasteiger partial charge in [0.15, 0.2) is 0 Å². The van der Waals surface area contributed by atoms with E-state index in [1.54, 1.807) is 6.20 Å². The van der Waals surface area contributed by atoms with E-state index < -0.39 is 0 Å². The molecule has 2 rings (SSSR count). The van der Waals surface area contributed by atoms with Crippen LogP contribution in [0, 0.1) is 0 Å². The Morgan fingerprint density at radius 2 is 2.47 bits per heavy atom. The van der Waals surface area contributed by atoms with Crippen molar-refractivity contribution in [1.82, 2.24) is 4.98 Å². The van der Waals surface area contributed by atoms with Gasteiger partial charge in [-0.2, -0.15) is 0 Å². The van der Waals surface area contributed by atoms with E-state index in [9.17, 15) is 4.79 Å². The van der Waals surface area contributed by atoms with Crippen LogP contribution in [0.4, 0.5) is 0 Å². The van der Waals surface area contributed by atoms with Gasteiger partial charge in [-0.05, 0) is 30.9 Å². The van der Waals surface area contributed by atoms with Crippen LogP contribution in [0.5, 0.6) is 0 Å². The summed E-state index contributed by atoms with van der Waals surface area (Å²) in [6.45, 7) is 2.12. The topological polar surface area (TPSA) is 30.0 Å². The minimum absolute atomic E-state index is 0.0905. The molecule has 1 aliphatic rings. The van der Waals surface area contributed by atoms with Gasteiger partial charge in [-0.1, -0.05) is 19.4 Å². The maximum absolute atomic E-state index is 11.9. The number of carbonyl (C=O) groups excluding carboxylic acids is 1. The van der Waals surface area contributed by atoms with Crippen molar-refractivity contribution in [2.45, 2.75) is 44.9 Å². The Morgan fingerprint density at radius 3 is 3.27 bits per heavy atom. The highest BCUT2D eigenvalue weighted by Gasteiger charge is 2.28. The van der Waals surface area contributed by atoms with Crippen LogP contribution in [0.2, 0.25) is 0 Å². The number of unbranched alkanes of at least 4 members (excludes halogenated alkanes) is 1. The van der Waals surface area contributed by atoms with Crippen molar-refractivity contribution in [3.05, 3.63) is 29.6 Å². The zero-order valence-corrected chi connectivity index (χ0v) is 9.20. The quantitative estimate of drug-likeness (QED) is 0.753. The number of nitrogens with zero attached hydrogens (tertiary/aromatic N) is 1. The summed E-state index contributed by atoms with van der Waals surface area (Å²) in [6, 6.07) is 4.05. The lowest BCUT2D eigenvalue weighted by molar-refractivity contribution is -0.120. The molecule has 1 atom stereocenters. The zero-order chi connectivity index (χ0) is 10.7. The Balaban J connectivity index is 2.10. The lowest BCUT2D eigenvalue weighted by Gasteiger charge is -2.08. The van der Waals surface area contributed by atoms with Crippen LogP contribution in [-0.2, 0) is 11.2 Å². The number of pyridine rings is 1. The molecule has 80 valence electrons. The molecule has 0 fully saturated rings. The fraction of sp³-hybridized carbons (Fsp3) is 0.538. The van der Waals surface area contributed by atoms with Gasteiger partial charge in [0.25, 0.3) is 0 Å². The largest absolute Gasteiger partial charge is 0.299 e. The molecule has 0 saturated heterocycles. The average Bonchev–Trinajstić information content (AvgIpc) is 2.69. The van der Waals surface area contributed by atoms with Gasteiger partial charge in [-0.3, -0.25) is 9.78 Å². The first-order valence-electron chi connectivity index (χ1n) is 5.79. The molecule has 1 heterocycles. The Hall–Kier alpha value is -1.18. The van der Waals surface area contributed by atoms with E-state index in [0.717, 1.165) is 37.8 Å². The summed E-state index contributed by atoms with van der Waals surface area (Å²) in [7, 11) is 0. The number of Topliss-reactive ketones (excluding diaryl/α,β-unsaturated/α-hetero) is 1. The van der Waals surface area contributed by atoms with Gasteiger partial charge < -0.3 is 0 Å². The zero-order valence-electron chi connectivity index (χ0n) is 9.20. The maximum atomic E-state index is 11.9. The van der Waals surface area contributed by atoms with Crippen LogP contribution >= 0.6 is 0 Å². The first-order chi connectivity index (χ1) is 7.33. The van der Waals surface area contributed by atoms with Crippen LogP contribution in [-0.4, -0.2) is 10.8 Å². The molecule has 1 aromatic heterocycles. The van der Waals surface area contributed by atoms with Crippen molar-refractivity contribution < 1.29 is 4.79 Å². The molecule has 0 N–H and O–H groups in total. The van der Waals surface area contributed by atoms with E-state index in [-0.39, 0.29) is 5.92 Å². The summed E-state index contributed by atoms with van der Waals surface area (Å²) in [5, 5.41) is 0. The number of aryl methyl sites for hydroxylation is 1. The number of rotatable bonds is 4. The molecule has 2 heteroatoms. The summed E-state index contributed by atoms with van der Waals surface area (Å²) in [5.41, 5.74) is 2.31. The van der Waals surface area contributed by atoms with Gasteiger partial charge in [-0.25, -0.2) is 0 Å². The summed E-state index contributed by atoms with van der Waals surface area (Å²) in [4.78, 5) is 16.3. The smallest absolute Gasteiger partial charge is 0.141 e. The Bertz CT molecular complexity index is 359. The summed E-state index contributed by atoms with van der Waals surface area (Å²) in [5.74, 6) is 0.474. The molecular formula is C13H17NO.